The number of benzene rings is 1. The van der Waals surface area contributed by atoms with Crippen molar-refractivity contribution < 1.29 is 0 Å². The Morgan fingerprint density at radius 2 is 2.00 bits per heavy atom. The average Bonchev–Trinajstić information content (AvgIpc) is 2.35. The standard InChI is InChI=1S/C13H18ClN3S/c1-10-5-6-11(9-12(10)14)15-13(18)16-17-7-3-2-4-8-17/h5-6,9H,2-4,7-8H2,1H3,(H2,15,16,18). The number of halogens is 1. The third kappa shape index (κ3) is 3.83. The molecule has 0 bridgehead atoms. The molecule has 0 atom stereocenters. The lowest BCUT2D eigenvalue weighted by molar-refractivity contribution is 0.196. The van der Waals surface area contributed by atoms with Crippen LogP contribution in [0.2, 0.25) is 5.02 Å². The number of rotatable bonds is 2. The van der Waals surface area contributed by atoms with Gasteiger partial charge in [0.05, 0.1) is 0 Å². The molecule has 0 aromatic heterocycles. The van der Waals surface area contributed by atoms with Crippen molar-refractivity contribution in [2.75, 3.05) is 18.4 Å². The van der Waals surface area contributed by atoms with E-state index in [9.17, 15) is 0 Å². The Hall–Kier alpha value is -0.840. The van der Waals surface area contributed by atoms with Gasteiger partial charge in [-0.05, 0) is 49.7 Å². The molecule has 1 saturated heterocycles. The smallest absolute Gasteiger partial charge is 0.185 e. The van der Waals surface area contributed by atoms with E-state index in [1.165, 1.54) is 19.3 Å². The molecule has 1 aliphatic heterocycles. The maximum absolute atomic E-state index is 6.08. The van der Waals surface area contributed by atoms with Gasteiger partial charge in [0.25, 0.3) is 0 Å². The van der Waals surface area contributed by atoms with Gasteiger partial charge in [0.1, 0.15) is 0 Å². The van der Waals surface area contributed by atoms with Crippen LogP contribution in [0.15, 0.2) is 18.2 Å². The van der Waals surface area contributed by atoms with Gasteiger partial charge in [-0.15, -0.1) is 0 Å². The fourth-order valence-electron chi connectivity index (χ4n) is 1.98. The van der Waals surface area contributed by atoms with Crippen LogP contribution in [0.1, 0.15) is 24.8 Å². The number of nitrogens with one attached hydrogen (secondary N) is 2. The maximum Gasteiger partial charge on any atom is 0.185 e. The lowest BCUT2D eigenvalue weighted by Gasteiger charge is -2.28. The number of aryl methyl sites for hydroxylation is 1. The van der Waals surface area contributed by atoms with Gasteiger partial charge in [-0.3, -0.25) is 5.43 Å². The van der Waals surface area contributed by atoms with Gasteiger partial charge in [-0.25, -0.2) is 5.01 Å². The minimum Gasteiger partial charge on any atom is -0.332 e. The molecule has 0 saturated carbocycles. The van der Waals surface area contributed by atoms with Crippen molar-refractivity contribution in [2.24, 2.45) is 0 Å². The fraction of sp³-hybridized carbons (Fsp3) is 0.462. The van der Waals surface area contributed by atoms with Crippen molar-refractivity contribution in [3.05, 3.63) is 28.8 Å². The number of hydrogen-bond acceptors (Lipinski definition) is 2. The van der Waals surface area contributed by atoms with Crippen LogP contribution in [-0.2, 0) is 0 Å². The third-order valence-electron chi connectivity index (χ3n) is 3.05. The van der Waals surface area contributed by atoms with E-state index in [-0.39, 0.29) is 0 Å². The maximum atomic E-state index is 6.08. The fourth-order valence-corrected chi connectivity index (χ4v) is 2.41. The van der Waals surface area contributed by atoms with Crippen molar-refractivity contribution >= 4 is 34.6 Å². The molecule has 1 aromatic carbocycles. The molecule has 0 aliphatic carbocycles. The number of thiocarbonyl (C=S) groups is 1. The number of hydrogen-bond donors (Lipinski definition) is 2. The quantitative estimate of drug-likeness (QED) is 0.814. The topological polar surface area (TPSA) is 27.3 Å². The van der Waals surface area contributed by atoms with Gasteiger partial charge in [-0.2, -0.15) is 0 Å². The van der Waals surface area contributed by atoms with Gasteiger partial charge in [-0.1, -0.05) is 24.1 Å². The van der Waals surface area contributed by atoms with Crippen LogP contribution in [0, 0.1) is 6.92 Å². The summed E-state index contributed by atoms with van der Waals surface area (Å²) in [4.78, 5) is 0. The predicted molar refractivity (Wildman–Crippen MR) is 81.0 cm³/mol. The Bertz CT molecular complexity index is 430. The molecule has 2 N–H and O–H groups in total. The average molecular weight is 284 g/mol. The highest BCUT2D eigenvalue weighted by Crippen LogP contribution is 2.19. The molecular formula is C13H18ClN3S. The molecule has 98 valence electrons. The molecule has 0 radical (unpaired) electrons. The lowest BCUT2D eigenvalue weighted by Crippen LogP contribution is -2.46. The summed E-state index contributed by atoms with van der Waals surface area (Å²) in [7, 11) is 0. The minimum atomic E-state index is 0.622. The molecular weight excluding hydrogens is 266 g/mol. The van der Waals surface area contributed by atoms with E-state index in [4.69, 9.17) is 23.8 Å². The third-order valence-corrected chi connectivity index (χ3v) is 3.65. The van der Waals surface area contributed by atoms with Crippen LogP contribution in [0.25, 0.3) is 0 Å². The number of anilines is 1. The highest BCUT2D eigenvalue weighted by Gasteiger charge is 2.10. The first kappa shape index (κ1) is 13.6. The van der Waals surface area contributed by atoms with Gasteiger partial charge in [0.15, 0.2) is 5.11 Å². The largest absolute Gasteiger partial charge is 0.332 e. The Labute approximate surface area is 118 Å². The van der Waals surface area contributed by atoms with Gasteiger partial charge >= 0.3 is 0 Å². The Morgan fingerprint density at radius 3 is 2.67 bits per heavy atom. The van der Waals surface area contributed by atoms with Crippen molar-refractivity contribution in [3.63, 3.8) is 0 Å². The molecule has 18 heavy (non-hydrogen) atoms. The van der Waals surface area contributed by atoms with E-state index in [0.717, 1.165) is 29.4 Å². The van der Waals surface area contributed by atoms with E-state index in [2.05, 4.69) is 15.8 Å². The zero-order valence-electron chi connectivity index (χ0n) is 10.5. The van der Waals surface area contributed by atoms with E-state index in [1.54, 1.807) is 0 Å². The van der Waals surface area contributed by atoms with Crippen LogP contribution < -0.4 is 10.7 Å². The van der Waals surface area contributed by atoms with E-state index in [1.807, 2.05) is 25.1 Å². The molecule has 0 amide bonds. The molecule has 1 aliphatic rings. The van der Waals surface area contributed by atoms with Crippen LogP contribution in [0.5, 0.6) is 0 Å². The zero-order valence-corrected chi connectivity index (χ0v) is 12.1. The lowest BCUT2D eigenvalue weighted by atomic mass is 10.2. The number of nitrogens with zero attached hydrogens (tertiary/aromatic N) is 1. The molecule has 5 heteroatoms. The second-order valence-corrected chi connectivity index (χ2v) is 5.39. The summed E-state index contributed by atoms with van der Waals surface area (Å²) in [5.41, 5.74) is 5.20. The monoisotopic (exact) mass is 283 g/mol. The second kappa shape index (κ2) is 6.36. The summed E-state index contributed by atoms with van der Waals surface area (Å²) in [6.45, 7) is 4.09. The SMILES string of the molecule is Cc1ccc(NC(=S)NN2CCCCC2)cc1Cl. The summed E-state index contributed by atoms with van der Waals surface area (Å²) < 4.78 is 0. The first-order valence-electron chi connectivity index (χ1n) is 6.24. The zero-order chi connectivity index (χ0) is 13.0. The van der Waals surface area contributed by atoms with Crippen LogP contribution in [0.4, 0.5) is 5.69 Å². The number of hydrazine groups is 1. The first-order valence-corrected chi connectivity index (χ1v) is 7.02. The molecule has 1 fully saturated rings. The highest BCUT2D eigenvalue weighted by molar-refractivity contribution is 7.80. The summed E-state index contributed by atoms with van der Waals surface area (Å²) in [5, 5.41) is 6.69. The second-order valence-electron chi connectivity index (χ2n) is 4.58. The molecule has 0 unspecified atom stereocenters. The summed E-state index contributed by atoms with van der Waals surface area (Å²) in [6.07, 6.45) is 3.77. The Kier molecular flexibility index (Phi) is 4.80. The molecule has 1 aromatic rings. The predicted octanol–water partition coefficient (Wildman–Crippen LogP) is 3.34. The summed E-state index contributed by atoms with van der Waals surface area (Å²) in [5.74, 6) is 0. The Balaban J connectivity index is 1.88. The van der Waals surface area contributed by atoms with Crippen LogP contribution in [-0.4, -0.2) is 23.2 Å². The minimum absolute atomic E-state index is 0.622. The first-order chi connectivity index (χ1) is 8.65. The van der Waals surface area contributed by atoms with Gasteiger partial charge in [0, 0.05) is 23.8 Å². The van der Waals surface area contributed by atoms with Crippen molar-refractivity contribution in [1.82, 2.24) is 10.4 Å². The van der Waals surface area contributed by atoms with Gasteiger partial charge in [0.2, 0.25) is 0 Å². The van der Waals surface area contributed by atoms with Crippen molar-refractivity contribution in [3.8, 4) is 0 Å². The molecule has 1 heterocycles. The van der Waals surface area contributed by atoms with Crippen molar-refractivity contribution in [2.45, 2.75) is 26.2 Å². The van der Waals surface area contributed by atoms with E-state index >= 15 is 0 Å². The van der Waals surface area contributed by atoms with E-state index in [0.29, 0.717) is 5.11 Å². The normalized spacial score (nSPS) is 16.3. The van der Waals surface area contributed by atoms with Crippen LogP contribution >= 0.6 is 23.8 Å². The Morgan fingerprint density at radius 1 is 1.28 bits per heavy atom. The van der Waals surface area contributed by atoms with Crippen molar-refractivity contribution in [1.29, 1.82) is 0 Å². The van der Waals surface area contributed by atoms with Gasteiger partial charge < -0.3 is 5.32 Å². The van der Waals surface area contributed by atoms with Crippen LogP contribution in [0.3, 0.4) is 0 Å². The molecule has 3 nitrogen and oxygen atoms in total. The highest BCUT2D eigenvalue weighted by atomic mass is 35.5. The molecule has 0 spiro atoms. The summed E-state index contributed by atoms with van der Waals surface area (Å²) in [6, 6.07) is 5.85. The summed E-state index contributed by atoms with van der Waals surface area (Å²) >= 11 is 11.4. The van der Waals surface area contributed by atoms with E-state index < -0.39 is 0 Å². The molecule has 2 rings (SSSR count). The number of piperidine rings is 1.